The summed E-state index contributed by atoms with van der Waals surface area (Å²) in [6.45, 7) is 3.64. The third kappa shape index (κ3) is 11.8. The lowest BCUT2D eigenvalue weighted by molar-refractivity contribution is -0.153. The molecule has 2 aromatic carbocycles. The molecule has 0 spiro atoms. The summed E-state index contributed by atoms with van der Waals surface area (Å²) in [6, 6.07) is 16.5. The summed E-state index contributed by atoms with van der Waals surface area (Å²) in [5.74, 6) is -1.51. The van der Waals surface area contributed by atoms with Crippen molar-refractivity contribution < 1.29 is 42.9 Å². The number of unbranched alkanes of at least 4 members (excludes halogenated alkanes) is 9. The first kappa shape index (κ1) is 38.2. The number of nitrogens with two attached hydrogens (primary N) is 1. The van der Waals surface area contributed by atoms with Crippen molar-refractivity contribution in [2.24, 2.45) is 5.73 Å². The SMILES string of the molecule is CCCCCCCCCCCCNC(=O)O[C@@H]([C@@H]1OC(C(=O)OC(c2ccccc2)c2ccccc2)=C[C@H](N)[C@H]1NC(C)=O)[C@H]1COC(=O)O1. The van der Waals surface area contributed by atoms with Gasteiger partial charge in [0.05, 0.1) is 12.1 Å². The van der Waals surface area contributed by atoms with Gasteiger partial charge in [0.1, 0.15) is 6.61 Å². The number of carbonyl (C=O) groups excluding carboxylic acids is 4. The maximum Gasteiger partial charge on any atom is 0.508 e. The summed E-state index contributed by atoms with van der Waals surface area (Å²) in [7, 11) is 0. The molecule has 2 aliphatic rings. The Kier molecular flexibility index (Phi) is 15.4. The number of hydrogen-bond donors (Lipinski definition) is 3. The molecule has 12 heteroatoms. The molecule has 0 radical (unpaired) electrons. The standard InChI is InChI=1S/C38H51N3O9/c1-3-4-5-6-7-8-9-10-11-18-23-40-37(44)50-34(31-25-46-38(45)48-31)35-32(41-26(2)42)29(39)24-30(47-35)36(43)49-33(27-19-14-12-15-20-27)28-21-16-13-17-22-28/h12-17,19-22,24,29,31-35H,3-11,18,23,25,39H2,1-2H3,(H,40,44)(H,41,42)/t29-,31+,32+,34+,35+/m0/s1. The number of alkyl carbamates (subject to hydrolysis) is 1. The largest absolute Gasteiger partial charge is 0.508 e. The van der Waals surface area contributed by atoms with Gasteiger partial charge in [-0.25, -0.2) is 14.4 Å². The van der Waals surface area contributed by atoms with Gasteiger partial charge in [0.25, 0.3) is 0 Å². The van der Waals surface area contributed by atoms with Crippen LogP contribution in [0.3, 0.4) is 0 Å². The first-order valence-electron chi connectivity index (χ1n) is 17.8. The van der Waals surface area contributed by atoms with Gasteiger partial charge in [-0.15, -0.1) is 0 Å². The first-order chi connectivity index (χ1) is 24.3. The molecule has 272 valence electrons. The molecule has 0 aromatic heterocycles. The molecule has 12 nitrogen and oxygen atoms in total. The second-order valence-corrected chi connectivity index (χ2v) is 12.7. The lowest BCUT2D eigenvalue weighted by atomic mass is 9.92. The molecule has 4 N–H and O–H groups in total. The van der Waals surface area contributed by atoms with E-state index in [1.54, 1.807) is 0 Å². The Morgan fingerprint density at radius 2 is 1.42 bits per heavy atom. The average Bonchev–Trinajstić information content (AvgIpc) is 3.55. The third-order valence-electron chi connectivity index (χ3n) is 8.72. The van der Waals surface area contributed by atoms with Gasteiger partial charge < -0.3 is 40.1 Å². The highest BCUT2D eigenvalue weighted by atomic mass is 16.8. The van der Waals surface area contributed by atoms with Gasteiger partial charge in [-0.1, -0.05) is 125 Å². The van der Waals surface area contributed by atoms with Crippen molar-refractivity contribution in [2.75, 3.05) is 13.2 Å². The molecular weight excluding hydrogens is 642 g/mol. The van der Waals surface area contributed by atoms with Crippen LogP contribution in [-0.4, -0.2) is 67.7 Å². The van der Waals surface area contributed by atoms with E-state index < -0.39 is 60.6 Å². The van der Waals surface area contributed by atoms with Gasteiger partial charge in [0, 0.05) is 13.5 Å². The molecule has 2 aromatic rings. The Hall–Kier alpha value is -4.58. The Balaban J connectivity index is 1.44. The number of ether oxygens (including phenoxy) is 5. The van der Waals surface area contributed by atoms with Crippen LogP contribution in [-0.2, 0) is 33.3 Å². The van der Waals surface area contributed by atoms with Crippen molar-refractivity contribution in [3.05, 3.63) is 83.6 Å². The number of carbonyl (C=O) groups is 4. The average molecular weight is 694 g/mol. The second kappa shape index (κ2) is 20.2. The van der Waals surface area contributed by atoms with Gasteiger partial charge >= 0.3 is 18.2 Å². The number of amides is 2. The third-order valence-corrected chi connectivity index (χ3v) is 8.72. The van der Waals surface area contributed by atoms with E-state index in [1.807, 2.05) is 60.7 Å². The topological polar surface area (TPSA) is 165 Å². The lowest BCUT2D eigenvalue weighted by Crippen LogP contribution is -2.63. The quantitative estimate of drug-likeness (QED) is 0.0905. The van der Waals surface area contributed by atoms with Gasteiger partial charge in [-0.05, 0) is 23.6 Å². The van der Waals surface area contributed by atoms with E-state index in [0.29, 0.717) is 6.54 Å². The summed E-state index contributed by atoms with van der Waals surface area (Å²) in [5.41, 5.74) is 7.96. The molecule has 0 saturated carbocycles. The van der Waals surface area contributed by atoms with Gasteiger partial charge in [-0.3, -0.25) is 4.79 Å². The Labute approximate surface area is 294 Å². The van der Waals surface area contributed by atoms with E-state index in [9.17, 15) is 19.2 Å². The van der Waals surface area contributed by atoms with Crippen LogP contribution >= 0.6 is 0 Å². The number of nitrogens with one attached hydrogen (secondary N) is 2. The predicted octanol–water partition coefficient (Wildman–Crippen LogP) is 5.99. The molecule has 2 amide bonds. The minimum Gasteiger partial charge on any atom is -0.477 e. The molecule has 0 aliphatic carbocycles. The fourth-order valence-electron chi connectivity index (χ4n) is 6.13. The van der Waals surface area contributed by atoms with E-state index >= 15 is 0 Å². The van der Waals surface area contributed by atoms with Gasteiger partial charge in [0.15, 0.2) is 24.4 Å². The number of benzene rings is 2. The van der Waals surface area contributed by atoms with Crippen molar-refractivity contribution in [1.29, 1.82) is 0 Å². The number of esters is 1. The lowest BCUT2D eigenvalue weighted by Gasteiger charge is -2.40. The number of rotatable bonds is 19. The van der Waals surface area contributed by atoms with Crippen molar-refractivity contribution >= 4 is 24.1 Å². The zero-order valence-corrected chi connectivity index (χ0v) is 29.1. The summed E-state index contributed by atoms with van der Waals surface area (Å²) in [5, 5.41) is 5.49. The van der Waals surface area contributed by atoms with Crippen LogP contribution in [0.2, 0.25) is 0 Å². The van der Waals surface area contributed by atoms with Crippen LogP contribution in [0.1, 0.15) is 95.3 Å². The summed E-state index contributed by atoms with van der Waals surface area (Å²) < 4.78 is 28.3. The summed E-state index contributed by atoms with van der Waals surface area (Å²) >= 11 is 0. The molecule has 0 bridgehead atoms. The highest BCUT2D eigenvalue weighted by Gasteiger charge is 2.49. The zero-order chi connectivity index (χ0) is 35.7. The molecule has 2 heterocycles. The number of cyclic esters (lactones) is 2. The highest BCUT2D eigenvalue weighted by molar-refractivity contribution is 5.87. The monoisotopic (exact) mass is 693 g/mol. The normalized spacial score (nSPS) is 20.5. The molecule has 2 aliphatic heterocycles. The zero-order valence-electron chi connectivity index (χ0n) is 29.1. The molecule has 5 atom stereocenters. The Bertz CT molecular complexity index is 1370. The van der Waals surface area contributed by atoms with Crippen LogP contribution in [0.25, 0.3) is 0 Å². The maximum absolute atomic E-state index is 13.7. The van der Waals surface area contributed by atoms with E-state index in [4.69, 9.17) is 29.4 Å². The Morgan fingerprint density at radius 3 is 1.96 bits per heavy atom. The van der Waals surface area contributed by atoms with E-state index in [-0.39, 0.29) is 12.4 Å². The fraction of sp³-hybridized carbons (Fsp3) is 0.526. The van der Waals surface area contributed by atoms with Crippen LogP contribution in [0.5, 0.6) is 0 Å². The van der Waals surface area contributed by atoms with E-state index in [1.165, 1.54) is 51.5 Å². The van der Waals surface area contributed by atoms with Gasteiger partial charge in [0.2, 0.25) is 11.7 Å². The van der Waals surface area contributed by atoms with Crippen molar-refractivity contribution in [3.8, 4) is 0 Å². The maximum atomic E-state index is 13.7. The van der Waals surface area contributed by atoms with E-state index in [0.717, 1.165) is 36.8 Å². The van der Waals surface area contributed by atoms with Crippen LogP contribution < -0.4 is 16.4 Å². The van der Waals surface area contributed by atoms with Crippen molar-refractivity contribution in [3.63, 3.8) is 0 Å². The second-order valence-electron chi connectivity index (χ2n) is 12.7. The minimum absolute atomic E-state index is 0.245. The van der Waals surface area contributed by atoms with E-state index in [2.05, 4.69) is 17.6 Å². The molecule has 4 rings (SSSR count). The Morgan fingerprint density at radius 1 is 0.840 bits per heavy atom. The number of hydrogen-bond acceptors (Lipinski definition) is 10. The molecule has 1 fully saturated rings. The van der Waals surface area contributed by atoms with Crippen LogP contribution in [0, 0.1) is 0 Å². The van der Waals surface area contributed by atoms with Crippen molar-refractivity contribution in [1.82, 2.24) is 10.6 Å². The highest BCUT2D eigenvalue weighted by Crippen LogP contribution is 2.31. The minimum atomic E-state index is -1.31. The smallest absolute Gasteiger partial charge is 0.477 e. The van der Waals surface area contributed by atoms with Crippen molar-refractivity contribution in [2.45, 2.75) is 115 Å². The van der Waals surface area contributed by atoms with Gasteiger partial charge in [-0.2, -0.15) is 0 Å². The summed E-state index contributed by atoms with van der Waals surface area (Å²) in [4.78, 5) is 51.1. The molecule has 0 unspecified atom stereocenters. The van der Waals surface area contributed by atoms with Crippen LogP contribution in [0.4, 0.5) is 9.59 Å². The molecular formula is C38H51N3O9. The first-order valence-corrected chi connectivity index (χ1v) is 17.8. The fourth-order valence-corrected chi connectivity index (χ4v) is 6.13. The molecule has 50 heavy (non-hydrogen) atoms. The predicted molar refractivity (Wildman–Crippen MR) is 186 cm³/mol. The summed E-state index contributed by atoms with van der Waals surface area (Å²) in [6.07, 6.45) is 6.72. The molecule has 1 saturated heterocycles. The van der Waals surface area contributed by atoms with Crippen LogP contribution in [0.15, 0.2) is 72.5 Å².